The Kier molecular flexibility index (Phi) is 6.07. The first-order valence-corrected chi connectivity index (χ1v) is 7.21. The van der Waals surface area contributed by atoms with Crippen molar-refractivity contribution in [3.8, 4) is 0 Å². The molecule has 5 nitrogen and oxygen atoms in total. The molecule has 1 aliphatic heterocycles. The van der Waals surface area contributed by atoms with E-state index in [2.05, 4.69) is 38.8 Å². The summed E-state index contributed by atoms with van der Waals surface area (Å²) in [5, 5.41) is 10.2. The summed E-state index contributed by atoms with van der Waals surface area (Å²) in [5.74, 6) is 1.09. The number of hydrogen-bond acceptors (Lipinski definition) is 5. The first-order valence-electron chi connectivity index (χ1n) is 7.21. The van der Waals surface area contributed by atoms with E-state index in [0.29, 0.717) is 6.04 Å². The molecule has 1 saturated heterocycles. The van der Waals surface area contributed by atoms with Crippen molar-refractivity contribution in [2.45, 2.75) is 19.4 Å². The fourth-order valence-corrected chi connectivity index (χ4v) is 2.33. The standard InChI is InChI=1S/C14H25N5/c1-2-15-8-9-16-12-18-13-6-10-19(11-13)14-5-3-4-7-17-14/h3-5,7,13,15-16,18H,2,6,8-12H2,1H3. The Morgan fingerprint density at radius 3 is 3.00 bits per heavy atom. The van der Waals surface area contributed by atoms with Crippen molar-refractivity contribution < 1.29 is 0 Å². The molecular formula is C14H25N5. The number of anilines is 1. The van der Waals surface area contributed by atoms with E-state index < -0.39 is 0 Å². The molecule has 0 amide bonds. The van der Waals surface area contributed by atoms with E-state index in [1.807, 2.05) is 18.3 Å². The van der Waals surface area contributed by atoms with Gasteiger partial charge in [0.2, 0.25) is 0 Å². The molecule has 0 bridgehead atoms. The minimum absolute atomic E-state index is 0.564. The molecule has 0 aromatic carbocycles. The van der Waals surface area contributed by atoms with E-state index in [1.165, 1.54) is 6.42 Å². The maximum absolute atomic E-state index is 4.40. The largest absolute Gasteiger partial charge is 0.355 e. The number of rotatable bonds is 8. The monoisotopic (exact) mass is 263 g/mol. The van der Waals surface area contributed by atoms with E-state index in [-0.39, 0.29) is 0 Å². The second-order valence-electron chi connectivity index (χ2n) is 4.85. The molecule has 2 rings (SSSR count). The molecule has 0 saturated carbocycles. The Hall–Kier alpha value is -1.17. The number of likely N-dealkylation sites (N-methyl/N-ethyl adjacent to an activating group) is 1. The van der Waals surface area contributed by atoms with Gasteiger partial charge >= 0.3 is 0 Å². The van der Waals surface area contributed by atoms with Gasteiger partial charge in [-0.15, -0.1) is 0 Å². The molecule has 1 aromatic rings. The van der Waals surface area contributed by atoms with Crippen LogP contribution in [0, 0.1) is 0 Å². The first kappa shape index (κ1) is 14.2. The zero-order valence-electron chi connectivity index (χ0n) is 11.7. The van der Waals surface area contributed by atoms with Crippen molar-refractivity contribution in [3.63, 3.8) is 0 Å². The van der Waals surface area contributed by atoms with Crippen LogP contribution in [0.3, 0.4) is 0 Å². The summed E-state index contributed by atoms with van der Waals surface area (Å²) in [6.07, 6.45) is 3.05. The van der Waals surface area contributed by atoms with Crippen molar-refractivity contribution in [1.82, 2.24) is 20.9 Å². The number of pyridine rings is 1. The molecule has 0 spiro atoms. The lowest BCUT2D eigenvalue weighted by atomic mass is 10.3. The van der Waals surface area contributed by atoms with Crippen LogP contribution in [0.2, 0.25) is 0 Å². The van der Waals surface area contributed by atoms with Crippen molar-refractivity contribution in [2.75, 3.05) is 44.3 Å². The third-order valence-corrected chi connectivity index (χ3v) is 3.41. The summed E-state index contributed by atoms with van der Waals surface area (Å²) in [6.45, 7) is 8.23. The Labute approximate surface area is 115 Å². The van der Waals surface area contributed by atoms with Crippen LogP contribution >= 0.6 is 0 Å². The lowest BCUT2D eigenvalue weighted by molar-refractivity contribution is 0.498. The van der Waals surface area contributed by atoms with Gasteiger partial charge in [0, 0.05) is 45.1 Å². The topological polar surface area (TPSA) is 52.2 Å². The highest BCUT2D eigenvalue weighted by molar-refractivity contribution is 5.39. The van der Waals surface area contributed by atoms with E-state index >= 15 is 0 Å². The Morgan fingerprint density at radius 2 is 2.21 bits per heavy atom. The van der Waals surface area contributed by atoms with Crippen LogP contribution in [0.25, 0.3) is 0 Å². The number of aromatic nitrogens is 1. The smallest absolute Gasteiger partial charge is 0.128 e. The van der Waals surface area contributed by atoms with E-state index in [1.54, 1.807) is 0 Å². The number of nitrogens with zero attached hydrogens (tertiary/aromatic N) is 2. The van der Waals surface area contributed by atoms with Gasteiger partial charge in [-0.05, 0) is 25.1 Å². The molecule has 2 heterocycles. The maximum atomic E-state index is 4.40. The lowest BCUT2D eigenvalue weighted by Gasteiger charge is -2.18. The van der Waals surface area contributed by atoms with E-state index in [0.717, 1.165) is 45.2 Å². The van der Waals surface area contributed by atoms with E-state index in [9.17, 15) is 0 Å². The van der Waals surface area contributed by atoms with Gasteiger partial charge in [-0.1, -0.05) is 13.0 Å². The molecule has 1 unspecified atom stereocenters. The van der Waals surface area contributed by atoms with Gasteiger partial charge in [0.25, 0.3) is 0 Å². The van der Waals surface area contributed by atoms with Crippen LogP contribution in [0.4, 0.5) is 5.82 Å². The van der Waals surface area contributed by atoms with Gasteiger partial charge in [0.15, 0.2) is 0 Å². The summed E-state index contributed by atoms with van der Waals surface area (Å²) < 4.78 is 0. The maximum Gasteiger partial charge on any atom is 0.128 e. The molecule has 1 fully saturated rings. The van der Waals surface area contributed by atoms with Gasteiger partial charge in [0.05, 0.1) is 0 Å². The second-order valence-corrected chi connectivity index (χ2v) is 4.85. The van der Waals surface area contributed by atoms with Gasteiger partial charge < -0.3 is 15.5 Å². The summed E-state index contributed by atoms with van der Waals surface area (Å²) >= 11 is 0. The zero-order valence-corrected chi connectivity index (χ0v) is 11.7. The van der Waals surface area contributed by atoms with Crippen LogP contribution in [-0.2, 0) is 0 Å². The molecule has 1 aromatic heterocycles. The van der Waals surface area contributed by atoms with Crippen LogP contribution in [0.15, 0.2) is 24.4 Å². The van der Waals surface area contributed by atoms with Gasteiger partial charge in [0.1, 0.15) is 5.82 Å². The molecule has 3 N–H and O–H groups in total. The summed E-state index contributed by atoms with van der Waals surface area (Å²) in [7, 11) is 0. The number of hydrogen-bond donors (Lipinski definition) is 3. The molecular weight excluding hydrogens is 238 g/mol. The molecule has 1 atom stereocenters. The van der Waals surface area contributed by atoms with Crippen molar-refractivity contribution >= 4 is 5.82 Å². The summed E-state index contributed by atoms with van der Waals surface area (Å²) in [5.41, 5.74) is 0. The lowest BCUT2D eigenvalue weighted by Crippen LogP contribution is -2.40. The van der Waals surface area contributed by atoms with Gasteiger partial charge in [-0.25, -0.2) is 4.98 Å². The van der Waals surface area contributed by atoms with Crippen LogP contribution in [-0.4, -0.2) is 50.4 Å². The average Bonchev–Trinajstić information content (AvgIpc) is 2.92. The molecule has 1 aliphatic rings. The predicted octanol–water partition coefficient (Wildman–Crippen LogP) is 0.407. The Bertz CT molecular complexity index is 343. The summed E-state index contributed by atoms with van der Waals surface area (Å²) in [4.78, 5) is 6.74. The minimum atomic E-state index is 0.564. The van der Waals surface area contributed by atoms with E-state index in [4.69, 9.17) is 0 Å². The van der Waals surface area contributed by atoms with Crippen LogP contribution in [0.5, 0.6) is 0 Å². The highest BCUT2D eigenvalue weighted by Crippen LogP contribution is 2.16. The zero-order chi connectivity index (χ0) is 13.3. The Balaban J connectivity index is 1.60. The number of nitrogens with one attached hydrogen (secondary N) is 3. The SMILES string of the molecule is CCNCCNCNC1CCN(c2ccccn2)C1. The molecule has 106 valence electrons. The third-order valence-electron chi connectivity index (χ3n) is 3.41. The van der Waals surface area contributed by atoms with Crippen molar-refractivity contribution in [2.24, 2.45) is 0 Å². The molecule has 19 heavy (non-hydrogen) atoms. The molecule has 5 heteroatoms. The van der Waals surface area contributed by atoms with Gasteiger partial charge in [-0.2, -0.15) is 0 Å². The van der Waals surface area contributed by atoms with Crippen molar-refractivity contribution in [3.05, 3.63) is 24.4 Å². The Morgan fingerprint density at radius 1 is 1.32 bits per heavy atom. The quantitative estimate of drug-likeness (QED) is 0.468. The normalized spacial score (nSPS) is 19.0. The third kappa shape index (κ3) is 4.78. The van der Waals surface area contributed by atoms with Crippen LogP contribution < -0.4 is 20.9 Å². The fraction of sp³-hybridized carbons (Fsp3) is 0.643. The van der Waals surface area contributed by atoms with Crippen LogP contribution in [0.1, 0.15) is 13.3 Å². The minimum Gasteiger partial charge on any atom is -0.355 e. The first-order chi connectivity index (χ1) is 9.40. The average molecular weight is 263 g/mol. The molecule has 0 radical (unpaired) electrons. The highest BCUT2D eigenvalue weighted by Gasteiger charge is 2.22. The molecule has 0 aliphatic carbocycles. The van der Waals surface area contributed by atoms with Crippen molar-refractivity contribution in [1.29, 1.82) is 0 Å². The summed E-state index contributed by atoms with van der Waals surface area (Å²) in [6, 6.07) is 6.65. The second kappa shape index (κ2) is 8.09. The highest BCUT2D eigenvalue weighted by atomic mass is 15.2. The predicted molar refractivity (Wildman–Crippen MR) is 79.4 cm³/mol. The van der Waals surface area contributed by atoms with Gasteiger partial charge in [-0.3, -0.25) is 5.32 Å². The fourth-order valence-electron chi connectivity index (χ4n) is 2.33.